The molecule has 2 rings (SSSR count). The lowest BCUT2D eigenvalue weighted by Crippen LogP contribution is -1.95. The van der Waals surface area contributed by atoms with Crippen LogP contribution in [0.3, 0.4) is 0 Å². The fourth-order valence-corrected chi connectivity index (χ4v) is 1.34. The summed E-state index contributed by atoms with van der Waals surface area (Å²) in [4.78, 5) is 10.7. The van der Waals surface area contributed by atoms with Gasteiger partial charge in [0.1, 0.15) is 5.69 Å². The third-order valence-electron chi connectivity index (χ3n) is 2.15. The molecule has 17 heavy (non-hydrogen) atoms. The molecule has 0 saturated heterocycles. The minimum Gasteiger partial charge on any atom is -0.478 e. The van der Waals surface area contributed by atoms with Gasteiger partial charge in [0.25, 0.3) is 6.43 Å². The Hall–Kier alpha value is -2.24. The molecule has 0 fully saturated rings. The third kappa shape index (κ3) is 2.30. The number of hydrogen-bond acceptors (Lipinski definition) is 3. The molecule has 0 aliphatic carbocycles. The number of nitrogens with zero attached hydrogens (tertiary/aromatic N) is 1. The van der Waals surface area contributed by atoms with E-state index in [1.807, 2.05) is 0 Å². The Morgan fingerprint density at radius 2 is 2.12 bits per heavy atom. The van der Waals surface area contributed by atoms with E-state index < -0.39 is 18.2 Å². The van der Waals surface area contributed by atoms with Crippen molar-refractivity contribution in [1.29, 1.82) is 0 Å². The molecule has 0 unspecified atom stereocenters. The number of aromatic nitrogens is 1. The van der Waals surface area contributed by atoms with Crippen molar-refractivity contribution in [3.8, 4) is 11.3 Å². The van der Waals surface area contributed by atoms with Crippen molar-refractivity contribution in [3.63, 3.8) is 0 Å². The molecule has 0 amide bonds. The monoisotopic (exact) mass is 239 g/mol. The highest BCUT2D eigenvalue weighted by Gasteiger charge is 2.15. The van der Waals surface area contributed by atoms with Crippen molar-refractivity contribution in [1.82, 2.24) is 5.16 Å². The van der Waals surface area contributed by atoms with Crippen molar-refractivity contribution in [3.05, 3.63) is 41.7 Å². The first-order valence-corrected chi connectivity index (χ1v) is 4.66. The minimum absolute atomic E-state index is 0.0593. The smallest absolute Gasteiger partial charge is 0.335 e. The zero-order chi connectivity index (χ0) is 12.4. The van der Waals surface area contributed by atoms with Crippen LogP contribution in [0.15, 0.2) is 34.9 Å². The summed E-state index contributed by atoms with van der Waals surface area (Å²) in [6.45, 7) is 0. The van der Waals surface area contributed by atoms with Crippen molar-refractivity contribution >= 4 is 5.97 Å². The first-order valence-electron chi connectivity index (χ1n) is 4.66. The first-order chi connectivity index (χ1) is 8.08. The second kappa shape index (κ2) is 4.32. The molecule has 1 aromatic heterocycles. The number of carboxylic acid groups (broad SMARTS) is 1. The van der Waals surface area contributed by atoms with E-state index >= 15 is 0 Å². The van der Waals surface area contributed by atoms with Gasteiger partial charge in [-0.25, -0.2) is 13.6 Å². The van der Waals surface area contributed by atoms with Crippen LogP contribution in [0, 0.1) is 0 Å². The van der Waals surface area contributed by atoms with Crippen LogP contribution in [0.4, 0.5) is 8.78 Å². The molecule has 0 aliphatic rings. The number of rotatable bonds is 3. The largest absolute Gasteiger partial charge is 0.478 e. The van der Waals surface area contributed by atoms with Crippen LogP contribution in [0.2, 0.25) is 0 Å². The van der Waals surface area contributed by atoms with Gasteiger partial charge in [-0.15, -0.1) is 0 Å². The molecule has 1 heterocycles. The van der Waals surface area contributed by atoms with Crippen molar-refractivity contribution in [2.75, 3.05) is 0 Å². The fraction of sp³-hybridized carbons (Fsp3) is 0.0909. The summed E-state index contributed by atoms with van der Waals surface area (Å²) in [6.07, 6.45) is -2.74. The number of carboxylic acids is 1. The summed E-state index contributed by atoms with van der Waals surface area (Å²) < 4.78 is 29.0. The van der Waals surface area contributed by atoms with E-state index in [4.69, 9.17) is 5.11 Å². The van der Waals surface area contributed by atoms with Crippen LogP contribution < -0.4 is 0 Å². The lowest BCUT2D eigenvalue weighted by Gasteiger charge is -1.97. The van der Waals surface area contributed by atoms with Gasteiger partial charge in [-0.2, -0.15) is 0 Å². The van der Waals surface area contributed by atoms with Crippen molar-refractivity contribution < 1.29 is 23.2 Å². The van der Waals surface area contributed by atoms with Gasteiger partial charge >= 0.3 is 5.97 Å². The molecule has 0 spiro atoms. The lowest BCUT2D eigenvalue weighted by atomic mass is 10.1. The molecule has 1 N–H and O–H groups in total. The summed E-state index contributed by atoms with van der Waals surface area (Å²) in [6, 6.07) is 6.91. The Balaban J connectivity index is 2.38. The molecular formula is C11H7F2NO3. The van der Waals surface area contributed by atoms with E-state index in [1.165, 1.54) is 18.2 Å². The molecule has 2 aromatic rings. The molecule has 1 aromatic carbocycles. The van der Waals surface area contributed by atoms with E-state index in [0.29, 0.717) is 5.56 Å². The molecule has 0 radical (unpaired) electrons. The first kappa shape index (κ1) is 11.3. The molecule has 0 bridgehead atoms. The van der Waals surface area contributed by atoms with Gasteiger partial charge in [0.15, 0.2) is 0 Å². The van der Waals surface area contributed by atoms with Gasteiger partial charge in [0, 0.05) is 11.6 Å². The average Bonchev–Trinajstić information content (AvgIpc) is 2.78. The van der Waals surface area contributed by atoms with Crippen LogP contribution in [-0.4, -0.2) is 16.2 Å². The quantitative estimate of drug-likeness (QED) is 0.894. The predicted molar refractivity (Wildman–Crippen MR) is 53.9 cm³/mol. The summed E-state index contributed by atoms with van der Waals surface area (Å²) in [5.41, 5.74) is 0.660. The van der Waals surface area contributed by atoms with Gasteiger partial charge in [-0.1, -0.05) is 17.3 Å². The molecule has 4 nitrogen and oxygen atoms in total. The maximum atomic E-state index is 12.3. The third-order valence-corrected chi connectivity index (χ3v) is 2.15. The zero-order valence-corrected chi connectivity index (χ0v) is 8.43. The minimum atomic E-state index is -2.74. The predicted octanol–water partition coefficient (Wildman–Crippen LogP) is 2.98. The van der Waals surface area contributed by atoms with Gasteiger partial charge < -0.3 is 9.63 Å². The van der Waals surface area contributed by atoms with Crippen LogP contribution in [0.1, 0.15) is 22.5 Å². The summed E-state index contributed by atoms with van der Waals surface area (Å²) in [5, 5.41) is 12.2. The summed E-state index contributed by atoms with van der Waals surface area (Å²) in [5.74, 6) is -1.63. The normalized spacial score (nSPS) is 10.8. The molecule has 0 aliphatic heterocycles. The van der Waals surface area contributed by atoms with E-state index in [-0.39, 0.29) is 11.3 Å². The van der Waals surface area contributed by atoms with E-state index in [2.05, 4.69) is 9.68 Å². The van der Waals surface area contributed by atoms with E-state index in [1.54, 1.807) is 6.07 Å². The zero-order valence-electron chi connectivity index (χ0n) is 8.43. The van der Waals surface area contributed by atoms with Crippen molar-refractivity contribution in [2.45, 2.75) is 6.43 Å². The highest BCUT2D eigenvalue weighted by Crippen LogP contribution is 2.25. The standard InChI is InChI=1S/C11H7F2NO3/c12-10(13)9-5-8(14-17-9)6-2-1-3-7(4-6)11(15)16/h1-5,10H,(H,15,16). The summed E-state index contributed by atoms with van der Waals surface area (Å²) >= 11 is 0. The number of hydrogen-bond donors (Lipinski definition) is 1. The van der Waals surface area contributed by atoms with Gasteiger partial charge in [0.05, 0.1) is 5.56 Å². The highest BCUT2D eigenvalue weighted by atomic mass is 19.3. The second-order valence-corrected chi connectivity index (χ2v) is 3.30. The lowest BCUT2D eigenvalue weighted by molar-refractivity contribution is 0.0697. The SMILES string of the molecule is O=C(O)c1cccc(-c2cc(C(F)F)on2)c1. The molecule has 0 saturated carbocycles. The number of aromatic carboxylic acids is 1. The van der Waals surface area contributed by atoms with Crippen LogP contribution >= 0.6 is 0 Å². The number of carbonyl (C=O) groups is 1. The Morgan fingerprint density at radius 1 is 1.35 bits per heavy atom. The van der Waals surface area contributed by atoms with Gasteiger partial charge in [0.2, 0.25) is 5.76 Å². The highest BCUT2D eigenvalue weighted by molar-refractivity contribution is 5.89. The molecule has 0 atom stereocenters. The number of benzene rings is 1. The maximum Gasteiger partial charge on any atom is 0.335 e. The number of alkyl halides is 2. The Kier molecular flexibility index (Phi) is 2.86. The Labute approximate surface area is 94.5 Å². The number of halogens is 2. The summed E-state index contributed by atoms with van der Waals surface area (Å²) in [7, 11) is 0. The fourth-order valence-electron chi connectivity index (χ4n) is 1.34. The van der Waals surface area contributed by atoms with Crippen LogP contribution in [0.25, 0.3) is 11.3 Å². The van der Waals surface area contributed by atoms with E-state index in [0.717, 1.165) is 6.07 Å². The molecular weight excluding hydrogens is 232 g/mol. The average molecular weight is 239 g/mol. The topological polar surface area (TPSA) is 63.3 Å². The van der Waals surface area contributed by atoms with E-state index in [9.17, 15) is 13.6 Å². The van der Waals surface area contributed by atoms with Crippen LogP contribution in [-0.2, 0) is 0 Å². The second-order valence-electron chi connectivity index (χ2n) is 3.30. The molecule has 6 heteroatoms. The maximum absolute atomic E-state index is 12.3. The Bertz CT molecular complexity index is 551. The van der Waals surface area contributed by atoms with Gasteiger partial charge in [-0.05, 0) is 12.1 Å². The van der Waals surface area contributed by atoms with Crippen molar-refractivity contribution in [2.24, 2.45) is 0 Å². The molecule has 88 valence electrons. The van der Waals surface area contributed by atoms with Gasteiger partial charge in [-0.3, -0.25) is 0 Å². The Morgan fingerprint density at radius 3 is 2.71 bits per heavy atom. The van der Waals surface area contributed by atoms with Crippen LogP contribution in [0.5, 0.6) is 0 Å².